The second-order valence-corrected chi connectivity index (χ2v) is 7.70. The Morgan fingerprint density at radius 2 is 1.83 bits per heavy atom. The van der Waals surface area contributed by atoms with E-state index in [1.807, 2.05) is 18.2 Å². The first kappa shape index (κ1) is 21.8. The van der Waals surface area contributed by atoms with Crippen LogP contribution >= 0.6 is 11.6 Å². The zero-order valence-corrected chi connectivity index (χ0v) is 17.7. The monoisotopic (exact) mass is 432 g/mol. The number of amides is 3. The van der Waals surface area contributed by atoms with Gasteiger partial charge in [-0.2, -0.15) is 5.10 Å². The van der Waals surface area contributed by atoms with Crippen LogP contribution < -0.4 is 10.6 Å². The molecule has 1 aliphatic rings. The Balaban J connectivity index is 1.60. The molecule has 2 aromatic rings. The lowest BCUT2D eigenvalue weighted by atomic mass is 9.96. The van der Waals surface area contributed by atoms with Crippen LogP contribution in [0, 0.1) is 6.92 Å². The molecule has 1 aromatic heterocycles. The van der Waals surface area contributed by atoms with Gasteiger partial charge >= 0.3 is 12.0 Å². The van der Waals surface area contributed by atoms with E-state index < -0.39 is 24.0 Å². The molecule has 3 rings (SSSR count). The summed E-state index contributed by atoms with van der Waals surface area (Å²) < 4.78 is 6.66. The first-order chi connectivity index (χ1) is 14.4. The number of rotatable bonds is 5. The summed E-state index contributed by atoms with van der Waals surface area (Å²) in [7, 11) is 0. The number of nitrogens with zero attached hydrogens (tertiary/aromatic N) is 2. The van der Waals surface area contributed by atoms with Crippen LogP contribution in [0.25, 0.3) is 5.69 Å². The van der Waals surface area contributed by atoms with Crippen LogP contribution in [0.4, 0.5) is 4.79 Å². The van der Waals surface area contributed by atoms with Crippen molar-refractivity contribution >= 4 is 29.5 Å². The molecule has 1 atom stereocenters. The molecule has 1 heterocycles. The molecule has 0 saturated heterocycles. The fraction of sp³-hybridized carbons (Fsp3) is 0.429. The molecule has 9 heteroatoms. The smallest absolute Gasteiger partial charge is 0.344 e. The molecule has 0 unspecified atom stereocenters. The minimum absolute atomic E-state index is 0.0645. The van der Waals surface area contributed by atoms with Gasteiger partial charge in [0.2, 0.25) is 0 Å². The van der Waals surface area contributed by atoms with Gasteiger partial charge in [-0.15, -0.1) is 0 Å². The van der Waals surface area contributed by atoms with Crippen molar-refractivity contribution in [2.45, 2.75) is 58.1 Å². The molecular weight excluding hydrogens is 408 g/mol. The second-order valence-electron chi connectivity index (χ2n) is 7.34. The van der Waals surface area contributed by atoms with Crippen molar-refractivity contribution < 1.29 is 19.1 Å². The average molecular weight is 433 g/mol. The van der Waals surface area contributed by atoms with Gasteiger partial charge in [-0.1, -0.05) is 49.1 Å². The SMILES string of the molecule is Cc1nn(-c2ccccc2)c(Cl)c1C(=O)O[C@H](C)C(=O)NC(=O)NC1CCCCC1. The maximum atomic E-state index is 12.6. The predicted octanol–water partition coefficient (Wildman–Crippen LogP) is 3.54. The third-order valence-electron chi connectivity index (χ3n) is 5.04. The molecule has 0 bridgehead atoms. The normalized spacial score (nSPS) is 15.3. The van der Waals surface area contributed by atoms with Gasteiger partial charge in [0.1, 0.15) is 10.7 Å². The Hall–Kier alpha value is -2.87. The molecular formula is C21H25ClN4O4. The number of urea groups is 1. The lowest BCUT2D eigenvalue weighted by molar-refractivity contribution is -0.127. The number of aryl methyl sites for hydroxylation is 1. The van der Waals surface area contributed by atoms with E-state index in [-0.39, 0.29) is 16.8 Å². The molecule has 160 valence electrons. The summed E-state index contributed by atoms with van der Waals surface area (Å²) >= 11 is 6.35. The molecule has 30 heavy (non-hydrogen) atoms. The number of hydrogen-bond acceptors (Lipinski definition) is 5. The largest absolute Gasteiger partial charge is 0.449 e. The topological polar surface area (TPSA) is 102 Å². The van der Waals surface area contributed by atoms with Crippen molar-refractivity contribution in [1.29, 1.82) is 0 Å². The Labute approximate surface area is 179 Å². The standard InChI is InChI=1S/C21H25ClN4O4/c1-13-17(18(22)26(25-13)16-11-7-4-8-12-16)20(28)30-14(2)19(27)24-21(29)23-15-9-5-3-6-10-15/h4,7-8,11-12,14-15H,3,5-6,9-10H2,1-2H3,(H2,23,24,27,29)/t14-/m1/s1. The summed E-state index contributed by atoms with van der Waals surface area (Å²) in [6.45, 7) is 3.02. The van der Waals surface area contributed by atoms with Crippen molar-refractivity contribution in [3.8, 4) is 5.69 Å². The van der Waals surface area contributed by atoms with Crippen molar-refractivity contribution in [1.82, 2.24) is 20.4 Å². The van der Waals surface area contributed by atoms with E-state index in [1.165, 1.54) is 11.6 Å². The average Bonchev–Trinajstić information content (AvgIpc) is 3.03. The number of esters is 1. The molecule has 1 fully saturated rings. The molecule has 1 saturated carbocycles. The van der Waals surface area contributed by atoms with Crippen LogP contribution in [-0.4, -0.2) is 39.8 Å². The highest BCUT2D eigenvalue weighted by Gasteiger charge is 2.27. The molecule has 1 aliphatic carbocycles. The summed E-state index contributed by atoms with van der Waals surface area (Å²) in [6.07, 6.45) is 3.90. The van der Waals surface area contributed by atoms with Gasteiger partial charge in [0, 0.05) is 6.04 Å². The van der Waals surface area contributed by atoms with Crippen molar-refractivity contribution in [2.24, 2.45) is 0 Å². The van der Waals surface area contributed by atoms with Gasteiger partial charge in [-0.05, 0) is 38.8 Å². The summed E-state index contributed by atoms with van der Waals surface area (Å²) in [6, 6.07) is 8.59. The number of carbonyl (C=O) groups is 3. The van der Waals surface area contributed by atoms with Gasteiger partial charge < -0.3 is 10.1 Å². The second kappa shape index (κ2) is 9.75. The Morgan fingerprint density at radius 1 is 1.17 bits per heavy atom. The van der Waals surface area contributed by atoms with Gasteiger partial charge in [0.25, 0.3) is 5.91 Å². The predicted molar refractivity (Wildman–Crippen MR) is 112 cm³/mol. The third kappa shape index (κ3) is 5.18. The number of hydrogen-bond donors (Lipinski definition) is 2. The summed E-state index contributed by atoms with van der Waals surface area (Å²) in [5, 5.41) is 9.38. The summed E-state index contributed by atoms with van der Waals surface area (Å²) in [5.74, 6) is -1.49. The first-order valence-electron chi connectivity index (χ1n) is 9.99. The zero-order valence-electron chi connectivity index (χ0n) is 17.0. The van der Waals surface area contributed by atoms with Crippen LogP contribution in [-0.2, 0) is 9.53 Å². The van der Waals surface area contributed by atoms with E-state index >= 15 is 0 Å². The van der Waals surface area contributed by atoms with Gasteiger partial charge in [0.15, 0.2) is 6.10 Å². The van der Waals surface area contributed by atoms with Crippen LogP contribution in [0.15, 0.2) is 30.3 Å². The van der Waals surface area contributed by atoms with Gasteiger partial charge in [-0.3, -0.25) is 10.1 Å². The number of ether oxygens (including phenoxy) is 1. The Kier molecular flexibility index (Phi) is 7.10. The van der Waals surface area contributed by atoms with E-state index in [9.17, 15) is 14.4 Å². The van der Waals surface area contributed by atoms with E-state index in [4.69, 9.17) is 16.3 Å². The van der Waals surface area contributed by atoms with E-state index in [1.54, 1.807) is 19.1 Å². The van der Waals surface area contributed by atoms with Crippen LogP contribution in [0.1, 0.15) is 55.1 Å². The maximum absolute atomic E-state index is 12.6. The number of carbonyl (C=O) groups excluding carboxylic acids is 3. The molecule has 0 aliphatic heterocycles. The molecule has 1 aromatic carbocycles. The lowest BCUT2D eigenvalue weighted by Crippen LogP contribution is -2.48. The van der Waals surface area contributed by atoms with Crippen LogP contribution in [0.2, 0.25) is 5.15 Å². The van der Waals surface area contributed by atoms with E-state index in [2.05, 4.69) is 15.7 Å². The first-order valence-corrected chi connectivity index (χ1v) is 10.4. The summed E-state index contributed by atoms with van der Waals surface area (Å²) in [5.41, 5.74) is 1.14. The van der Waals surface area contributed by atoms with Crippen molar-refractivity contribution in [3.63, 3.8) is 0 Å². The zero-order chi connectivity index (χ0) is 21.7. The molecule has 8 nitrogen and oxygen atoms in total. The Morgan fingerprint density at radius 3 is 2.50 bits per heavy atom. The molecule has 0 spiro atoms. The lowest BCUT2D eigenvalue weighted by Gasteiger charge is -2.23. The minimum Gasteiger partial charge on any atom is -0.449 e. The highest BCUT2D eigenvalue weighted by Crippen LogP contribution is 2.24. The number of benzene rings is 1. The van der Waals surface area contributed by atoms with Gasteiger partial charge in [-0.25, -0.2) is 14.3 Å². The summed E-state index contributed by atoms with van der Waals surface area (Å²) in [4.78, 5) is 36.9. The number of aromatic nitrogens is 2. The number of nitrogens with one attached hydrogen (secondary N) is 2. The number of halogens is 1. The molecule has 0 radical (unpaired) electrons. The van der Waals surface area contributed by atoms with Gasteiger partial charge in [0.05, 0.1) is 11.4 Å². The number of imide groups is 1. The van der Waals surface area contributed by atoms with Crippen LogP contribution in [0.5, 0.6) is 0 Å². The molecule has 3 amide bonds. The van der Waals surface area contributed by atoms with Crippen LogP contribution in [0.3, 0.4) is 0 Å². The molecule has 2 N–H and O–H groups in total. The Bertz CT molecular complexity index is 923. The van der Waals surface area contributed by atoms with Crippen molar-refractivity contribution in [3.05, 3.63) is 46.7 Å². The third-order valence-corrected chi connectivity index (χ3v) is 5.39. The maximum Gasteiger partial charge on any atom is 0.344 e. The fourth-order valence-corrected chi connectivity index (χ4v) is 3.78. The van der Waals surface area contributed by atoms with E-state index in [0.717, 1.165) is 32.1 Å². The quantitative estimate of drug-likeness (QED) is 0.703. The minimum atomic E-state index is -1.18. The highest BCUT2D eigenvalue weighted by atomic mass is 35.5. The van der Waals surface area contributed by atoms with E-state index in [0.29, 0.717) is 11.4 Å². The van der Waals surface area contributed by atoms with Crippen molar-refractivity contribution in [2.75, 3.05) is 0 Å². The highest BCUT2D eigenvalue weighted by molar-refractivity contribution is 6.33. The number of para-hydroxylation sites is 1. The fourth-order valence-electron chi connectivity index (χ4n) is 3.43.